The Hall–Kier alpha value is -1.55. The number of rotatable bonds is 2. The zero-order chi connectivity index (χ0) is 11.5. The largest absolute Gasteiger partial charge is 0.479 e. The Balaban J connectivity index is 2.09. The molecule has 1 aromatic rings. The van der Waals surface area contributed by atoms with Crippen molar-refractivity contribution in [3.05, 3.63) is 29.8 Å². The molecule has 1 heterocycles. The molecule has 1 aliphatic rings. The van der Waals surface area contributed by atoms with Crippen molar-refractivity contribution >= 4 is 11.7 Å². The predicted octanol–water partition coefficient (Wildman–Crippen LogP) is 1.28. The van der Waals surface area contributed by atoms with Gasteiger partial charge in [0.2, 0.25) is 0 Å². The van der Waals surface area contributed by atoms with E-state index in [-0.39, 0.29) is 0 Å². The van der Waals surface area contributed by atoms with Gasteiger partial charge in [-0.3, -0.25) is 0 Å². The van der Waals surface area contributed by atoms with E-state index in [0.717, 1.165) is 12.2 Å². The first kappa shape index (κ1) is 11.0. The van der Waals surface area contributed by atoms with Crippen LogP contribution in [0, 0.1) is 6.92 Å². The Morgan fingerprint density at radius 2 is 2.12 bits per heavy atom. The van der Waals surface area contributed by atoms with Gasteiger partial charge < -0.3 is 14.7 Å². The fourth-order valence-electron chi connectivity index (χ4n) is 1.79. The second kappa shape index (κ2) is 4.53. The van der Waals surface area contributed by atoms with Crippen molar-refractivity contribution in [2.75, 3.05) is 24.6 Å². The first-order valence-electron chi connectivity index (χ1n) is 5.33. The molecule has 86 valence electrons. The number of hydrogen-bond acceptors (Lipinski definition) is 3. The molecular formula is C12H15NO3. The highest BCUT2D eigenvalue weighted by Crippen LogP contribution is 2.18. The average Bonchev–Trinajstić information content (AvgIpc) is 2.30. The van der Waals surface area contributed by atoms with E-state index < -0.39 is 12.1 Å². The monoisotopic (exact) mass is 221 g/mol. The van der Waals surface area contributed by atoms with Gasteiger partial charge in [-0.2, -0.15) is 0 Å². The van der Waals surface area contributed by atoms with Crippen LogP contribution in [0.5, 0.6) is 0 Å². The van der Waals surface area contributed by atoms with Crippen molar-refractivity contribution in [1.29, 1.82) is 0 Å². The highest BCUT2D eigenvalue weighted by atomic mass is 16.5. The van der Waals surface area contributed by atoms with Crippen LogP contribution in [0.2, 0.25) is 0 Å². The van der Waals surface area contributed by atoms with Crippen molar-refractivity contribution in [2.24, 2.45) is 0 Å². The Kier molecular flexibility index (Phi) is 3.10. The Morgan fingerprint density at radius 3 is 2.75 bits per heavy atom. The van der Waals surface area contributed by atoms with Gasteiger partial charge in [-0.05, 0) is 19.1 Å². The van der Waals surface area contributed by atoms with Gasteiger partial charge in [0.25, 0.3) is 0 Å². The molecule has 2 rings (SSSR count). The lowest BCUT2D eigenvalue weighted by molar-refractivity contribution is -0.150. The molecule has 1 aromatic carbocycles. The van der Waals surface area contributed by atoms with Gasteiger partial charge in [-0.1, -0.05) is 17.7 Å². The van der Waals surface area contributed by atoms with Crippen molar-refractivity contribution in [3.8, 4) is 0 Å². The molecule has 4 heteroatoms. The quantitative estimate of drug-likeness (QED) is 0.817. The summed E-state index contributed by atoms with van der Waals surface area (Å²) >= 11 is 0. The van der Waals surface area contributed by atoms with Gasteiger partial charge in [-0.15, -0.1) is 0 Å². The number of carbonyl (C=O) groups is 1. The number of carboxylic acid groups (broad SMARTS) is 1. The molecule has 0 saturated carbocycles. The van der Waals surface area contributed by atoms with E-state index in [1.54, 1.807) is 0 Å². The molecule has 1 aliphatic heterocycles. The van der Waals surface area contributed by atoms with Crippen LogP contribution in [-0.4, -0.2) is 36.9 Å². The summed E-state index contributed by atoms with van der Waals surface area (Å²) in [5.74, 6) is -0.892. The molecule has 0 aliphatic carbocycles. The third-order valence-electron chi connectivity index (χ3n) is 2.74. The van der Waals surface area contributed by atoms with E-state index in [2.05, 4.69) is 0 Å². The molecule has 1 atom stereocenters. The lowest BCUT2D eigenvalue weighted by Crippen LogP contribution is -2.46. The summed E-state index contributed by atoms with van der Waals surface area (Å²) in [6.07, 6.45) is -0.713. The summed E-state index contributed by atoms with van der Waals surface area (Å²) < 4.78 is 5.17. The number of hydrogen-bond donors (Lipinski definition) is 1. The van der Waals surface area contributed by atoms with Crippen LogP contribution in [-0.2, 0) is 9.53 Å². The molecule has 1 unspecified atom stereocenters. The number of morpholine rings is 1. The Morgan fingerprint density at radius 1 is 1.44 bits per heavy atom. The Bertz CT molecular complexity index is 374. The summed E-state index contributed by atoms with van der Waals surface area (Å²) in [4.78, 5) is 12.9. The van der Waals surface area contributed by atoms with Crippen molar-refractivity contribution in [3.63, 3.8) is 0 Å². The van der Waals surface area contributed by atoms with Crippen LogP contribution in [0.4, 0.5) is 5.69 Å². The number of benzene rings is 1. The number of ether oxygens (including phenoxy) is 1. The van der Waals surface area contributed by atoms with E-state index in [1.807, 2.05) is 36.1 Å². The molecule has 0 amide bonds. The second-order valence-corrected chi connectivity index (χ2v) is 3.98. The van der Waals surface area contributed by atoms with Gasteiger partial charge in [-0.25, -0.2) is 4.79 Å². The molecule has 0 bridgehead atoms. The normalized spacial score (nSPS) is 20.8. The van der Waals surface area contributed by atoms with Gasteiger partial charge in [0.1, 0.15) is 0 Å². The summed E-state index contributed by atoms with van der Waals surface area (Å²) in [5, 5.41) is 8.90. The fourth-order valence-corrected chi connectivity index (χ4v) is 1.79. The molecule has 0 radical (unpaired) electrons. The Labute approximate surface area is 94.4 Å². The number of aliphatic carboxylic acids is 1. The minimum absolute atomic E-state index is 0.415. The van der Waals surface area contributed by atoms with Gasteiger partial charge in [0, 0.05) is 12.2 Å². The van der Waals surface area contributed by atoms with Gasteiger partial charge >= 0.3 is 5.97 Å². The van der Waals surface area contributed by atoms with E-state index in [4.69, 9.17) is 9.84 Å². The van der Waals surface area contributed by atoms with Gasteiger partial charge in [0.05, 0.1) is 13.2 Å². The van der Waals surface area contributed by atoms with Crippen LogP contribution >= 0.6 is 0 Å². The third-order valence-corrected chi connectivity index (χ3v) is 2.74. The number of anilines is 1. The summed E-state index contributed by atoms with van der Waals surface area (Å²) in [6, 6.07) is 8.08. The number of aryl methyl sites for hydroxylation is 1. The lowest BCUT2D eigenvalue weighted by atomic mass is 10.2. The van der Waals surface area contributed by atoms with Crippen LogP contribution in [0.1, 0.15) is 5.56 Å². The highest BCUT2D eigenvalue weighted by molar-refractivity contribution is 5.73. The smallest absolute Gasteiger partial charge is 0.334 e. The van der Waals surface area contributed by atoms with E-state index in [0.29, 0.717) is 13.2 Å². The van der Waals surface area contributed by atoms with Crippen molar-refractivity contribution < 1.29 is 14.6 Å². The van der Waals surface area contributed by atoms with Crippen LogP contribution in [0.3, 0.4) is 0 Å². The summed E-state index contributed by atoms with van der Waals surface area (Å²) in [6.45, 7) is 3.65. The minimum atomic E-state index is -0.892. The van der Waals surface area contributed by atoms with E-state index in [1.165, 1.54) is 5.56 Å². The summed E-state index contributed by atoms with van der Waals surface area (Å²) in [7, 11) is 0. The first-order valence-corrected chi connectivity index (χ1v) is 5.33. The number of carboxylic acids is 1. The number of nitrogens with zero attached hydrogens (tertiary/aromatic N) is 1. The molecule has 1 N–H and O–H groups in total. The second-order valence-electron chi connectivity index (χ2n) is 3.98. The maximum absolute atomic E-state index is 10.8. The topological polar surface area (TPSA) is 49.8 Å². The van der Waals surface area contributed by atoms with E-state index in [9.17, 15) is 4.79 Å². The fraction of sp³-hybridized carbons (Fsp3) is 0.417. The zero-order valence-electron chi connectivity index (χ0n) is 9.22. The van der Waals surface area contributed by atoms with Crippen molar-refractivity contribution in [1.82, 2.24) is 0 Å². The highest BCUT2D eigenvalue weighted by Gasteiger charge is 2.26. The molecule has 1 saturated heterocycles. The first-order chi connectivity index (χ1) is 7.66. The average molecular weight is 221 g/mol. The zero-order valence-corrected chi connectivity index (χ0v) is 9.22. The van der Waals surface area contributed by atoms with Gasteiger partial charge in [0.15, 0.2) is 6.10 Å². The predicted molar refractivity (Wildman–Crippen MR) is 60.8 cm³/mol. The molecule has 16 heavy (non-hydrogen) atoms. The SMILES string of the molecule is Cc1ccc(N2CCOC(C(=O)O)C2)cc1. The molecule has 0 spiro atoms. The maximum Gasteiger partial charge on any atom is 0.334 e. The van der Waals surface area contributed by atoms with E-state index >= 15 is 0 Å². The molecular weight excluding hydrogens is 206 g/mol. The molecule has 4 nitrogen and oxygen atoms in total. The van der Waals surface area contributed by atoms with Crippen LogP contribution in [0.15, 0.2) is 24.3 Å². The summed E-state index contributed by atoms with van der Waals surface area (Å²) in [5.41, 5.74) is 2.26. The molecule has 1 fully saturated rings. The molecule has 0 aromatic heterocycles. The maximum atomic E-state index is 10.8. The van der Waals surface area contributed by atoms with Crippen LogP contribution < -0.4 is 4.90 Å². The van der Waals surface area contributed by atoms with Crippen LogP contribution in [0.25, 0.3) is 0 Å². The minimum Gasteiger partial charge on any atom is -0.479 e. The standard InChI is InChI=1S/C12H15NO3/c1-9-2-4-10(5-3-9)13-6-7-16-11(8-13)12(14)15/h2-5,11H,6-8H2,1H3,(H,14,15). The van der Waals surface area contributed by atoms with Crippen molar-refractivity contribution in [2.45, 2.75) is 13.0 Å². The third kappa shape index (κ3) is 2.33. The lowest BCUT2D eigenvalue weighted by Gasteiger charge is -2.32.